The van der Waals surface area contributed by atoms with E-state index in [4.69, 9.17) is 34.8 Å². The highest BCUT2D eigenvalue weighted by atomic mass is 35.5. The van der Waals surface area contributed by atoms with Gasteiger partial charge in [-0.1, -0.05) is 40.9 Å². The maximum atomic E-state index is 10.2. The zero-order valence-electron chi connectivity index (χ0n) is 8.86. The number of hydrogen-bond donors (Lipinski definition) is 1. The monoisotopic (exact) mass is 290 g/mol. The topological polar surface area (TPSA) is 38.0 Å². The molecule has 0 fully saturated rings. The van der Waals surface area contributed by atoms with Crippen LogP contribution in [0.1, 0.15) is 17.4 Å². The number of rotatable bonds is 2. The predicted molar refractivity (Wildman–Crippen MR) is 68.7 cm³/mol. The number of benzene rings is 1. The molecule has 0 saturated heterocycles. The largest absolute Gasteiger partial charge is 0.382 e. The summed E-state index contributed by atoms with van der Waals surface area (Å²) >= 11 is 17.7. The molecular formula is C11H9Cl3N2O. The molecule has 2 rings (SSSR count). The van der Waals surface area contributed by atoms with Crippen molar-refractivity contribution in [1.82, 2.24) is 9.78 Å². The van der Waals surface area contributed by atoms with Crippen molar-refractivity contribution in [1.29, 1.82) is 0 Å². The lowest BCUT2D eigenvalue weighted by Crippen LogP contribution is -2.07. The average Bonchev–Trinajstić information content (AvgIpc) is 2.62. The molecular weight excluding hydrogens is 282 g/mol. The molecule has 2 aromatic rings. The molecule has 17 heavy (non-hydrogen) atoms. The summed E-state index contributed by atoms with van der Waals surface area (Å²) in [5.41, 5.74) is 1.13. The zero-order chi connectivity index (χ0) is 12.6. The minimum absolute atomic E-state index is 0.390. The highest BCUT2D eigenvalue weighted by molar-refractivity contribution is 6.42. The second-order valence-electron chi connectivity index (χ2n) is 3.58. The Hall–Kier alpha value is -0.740. The normalized spacial score (nSPS) is 12.8. The van der Waals surface area contributed by atoms with Gasteiger partial charge in [-0.05, 0) is 17.7 Å². The van der Waals surface area contributed by atoms with Crippen LogP contribution in [0.5, 0.6) is 0 Å². The molecule has 0 aliphatic heterocycles. The fourth-order valence-electron chi connectivity index (χ4n) is 1.57. The van der Waals surface area contributed by atoms with Crippen molar-refractivity contribution < 1.29 is 5.11 Å². The van der Waals surface area contributed by atoms with Gasteiger partial charge in [0.15, 0.2) is 0 Å². The van der Waals surface area contributed by atoms with Gasteiger partial charge in [0.2, 0.25) is 0 Å². The Kier molecular flexibility index (Phi) is 3.64. The van der Waals surface area contributed by atoms with Crippen molar-refractivity contribution in [3.63, 3.8) is 0 Å². The minimum atomic E-state index is -0.884. The van der Waals surface area contributed by atoms with Crippen molar-refractivity contribution in [3.05, 3.63) is 50.7 Å². The summed E-state index contributed by atoms with van der Waals surface area (Å²) in [5.74, 6) is 0. The molecule has 1 heterocycles. The van der Waals surface area contributed by atoms with Crippen LogP contribution in [0.15, 0.2) is 24.4 Å². The molecule has 1 N–H and O–H groups in total. The van der Waals surface area contributed by atoms with Crippen molar-refractivity contribution >= 4 is 34.8 Å². The number of nitrogens with zero attached hydrogens (tertiary/aromatic N) is 2. The Labute approximate surface area is 114 Å². The lowest BCUT2D eigenvalue weighted by atomic mass is 10.1. The molecule has 0 bridgehead atoms. The Balaban J connectivity index is 2.43. The van der Waals surface area contributed by atoms with Gasteiger partial charge < -0.3 is 5.11 Å². The second kappa shape index (κ2) is 4.86. The Morgan fingerprint density at radius 2 is 1.88 bits per heavy atom. The summed E-state index contributed by atoms with van der Waals surface area (Å²) in [6.45, 7) is 0. The number of aromatic nitrogens is 2. The van der Waals surface area contributed by atoms with Gasteiger partial charge in [-0.15, -0.1) is 0 Å². The summed E-state index contributed by atoms with van der Waals surface area (Å²) in [4.78, 5) is 0. The molecule has 0 aliphatic rings. The van der Waals surface area contributed by atoms with Gasteiger partial charge >= 0.3 is 0 Å². The quantitative estimate of drug-likeness (QED) is 0.920. The van der Waals surface area contributed by atoms with E-state index in [-0.39, 0.29) is 0 Å². The highest BCUT2D eigenvalue weighted by Gasteiger charge is 2.19. The van der Waals surface area contributed by atoms with Crippen LogP contribution in [-0.4, -0.2) is 14.9 Å². The first-order chi connectivity index (χ1) is 8.00. The van der Waals surface area contributed by atoms with Crippen LogP contribution >= 0.6 is 34.8 Å². The molecule has 1 atom stereocenters. The van der Waals surface area contributed by atoms with Crippen LogP contribution in [0.2, 0.25) is 15.1 Å². The van der Waals surface area contributed by atoms with E-state index in [0.29, 0.717) is 26.3 Å². The van der Waals surface area contributed by atoms with E-state index < -0.39 is 6.10 Å². The maximum Gasteiger partial charge on any atom is 0.122 e. The summed E-state index contributed by atoms with van der Waals surface area (Å²) in [6.07, 6.45) is 0.599. The Morgan fingerprint density at radius 3 is 2.41 bits per heavy atom. The van der Waals surface area contributed by atoms with Gasteiger partial charge in [0, 0.05) is 7.05 Å². The van der Waals surface area contributed by atoms with Gasteiger partial charge in [-0.2, -0.15) is 5.10 Å². The van der Waals surface area contributed by atoms with Crippen molar-refractivity contribution in [2.75, 3.05) is 0 Å². The summed E-state index contributed by atoms with van der Waals surface area (Å²) < 4.78 is 1.52. The minimum Gasteiger partial charge on any atom is -0.382 e. The van der Waals surface area contributed by atoms with Crippen LogP contribution in [-0.2, 0) is 7.05 Å². The van der Waals surface area contributed by atoms with E-state index >= 15 is 0 Å². The van der Waals surface area contributed by atoms with Crippen LogP contribution in [0, 0.1) is 0 Å². The third-order valence-electron chi connectivity index (χ3n) is 2.46. The molecule has 0 amide bonds. The summed E-state index contributed by atoms with van der Waals surface area (Å²) in [5, 5.41) is 15.4. The fourth-order valence-corrected chi connectivity index (χ4v) is 2.14. The average molecular weight is 292 g/mol. The molecule has 1 aromatic carbocycles. The summed E-state index contributed by atoms with van der Waals surface area (Å²) in [6, 6.07) is 4.94. The number of aliphatic hydroxyl groups is 1. The van der Waals surface area contributed by atoms with Crippen molar-refractivity contribution in [3.8, 4) is 0 Å². The first-order valence-electron chi connectivity index (χ1n) is 4.81. The smallest absolute Gasteiger partial charge is 0.122 e. The van der Waals surface area contributed by atoms with E-state index in [1.165, 1.54) is 10.9 Å². The molecule has 0 spiro atoms. The Bertz CT molecular complexity index is 534. The second-order valence-corrected chi connectivity index (χ2v) is 4.80. The number of aliphatic hydroxyl groups excluding tert-OH is 1. The first-order valence-corrected chi connectivity index (χ1v) is 5.94. The first kappa shape index (κ1) is 12.7. The van der Waals surface area contributed by atoms with Gasteiger partial charge in [-0.3, -0.25) is 4.68 Å². The van der Waals surface area contributed by atoms with Crippen molar-refractivity contribution in [2.24, 2.45) is 7.05 Å². The molecule has 1 aromatic heterocycles. The van der Waals surface area contributed by atoms with Gasteiger partial charge in [0.1, 0.15) is 6.10 Å². The van der Waals surface area contributed by atoms with E-state index in [1.54, 1.807) is 25.2 Å². The van der Waals surface area contributed by atoms with Crippen LogP contribution in [0.25, 0.3) is 0 Å². The predicted octanol–water partition coefficient (Wildman–Crippen LogP) is 3.46. The molecule has 3 nitrogen and oxygen atoms in total. The Morgan fingerprint density at radius 1 is 1.18 bits per heavy atom. The molecule has 0 aliphatic carbocycles. The van der Waals surface area contributed by atoms with Crippen molar-refractivity contribution in [2.45, 2.75) is 6.10 Å². The van der Waals surface area contributed by atoms with E-state index in [1.807, 2.05) is 0 Å². The van der Waals surface area contributed by atoms with E-state index in [0.717, 1.165) is 0 Å². The number of aryl methyl sites for hydroxylation is 1. The lowest BCUT2D eigenvalue weighted by molar-refractivity contribution is 0.210. The molecule has 90 valence electrons. The maximum absolute atomic E-state index is 10.2. The third kappa shape index (κ3) is 2.43. The highest BCUT2D eigenvalue weighted by Crippen LogP contribution is 2.31. The van der Waals surface area contributed by atoms with Gasteiger partial charge in [-0.25, -0.2) is 0 Å². The van der Waals surface area contributed by atoms with Gasteiger partial charge in [0.25, 0.3) is 0 Å². The zero-order valence-corrected chi connectivity index (χ0v) is 11.1. The van der Waals surface area contributed by atoms with Gasteiger partial charge in [0.05, 0.1) is 27.0 Å². The fraction of sp³-hybridized carbons (Fsp3) is 0.182. The SMILES string of the molecule is Cn1ncc(Cl)c1C(O)c1ccc(Cl)c(Cl)c1. The lowest BCUT2D eigenvalue weighted by Gasteiger charge is -2.12. The van der Waals surface area contributed by atoms with Crippen LogP contribution < -0.4 is 0 Å². The standard InChI is InChI=1S/C11H9Cl3N2O/c1-16-10(9(14)5-15-16)11(17)6-2-3-7(12)8(13)4-6/h2-5,11,17H,1H3. The van der Waals surface area contributed by atoms with Crippen LogP contribution in [0.4, 0.5) is 0 Å². The van der Waals surface area contributed by atoms with Crippen LogP contribution in [0.3, 0.4) is 0 Å². The number of halogens is 3. The summed E-state index contributed by atoms with van der Waals surface area (Å²) in [7, 11) is 1.71. The third-order valence-corrected chi connectivity index (χ3v) is 3.49. The van der Waals surface area contributed by atoms with E-state index in [2.05, 4.69) is 5.10 Å². The molecule has 1 unspecified atom stereocenters. The molecule has 0 radical (unpaired) electrons. The molecule has 6 heteroatoms. The molecule has 0 saturated carbocycles. The number of hydrogen-bond acceptors (Lipinski definition) is 2. The van der Waals surface area contributed by atoms with E-state index in [9.17, 15) is 5.11 Å².